The molecule has 0 spiro atoms. The molecular formula is C27H31N. The summed E-state index contributed by atoms with van der Waals surface area (Å²) in [4.78, 5) is 0. The lowest BCUT2D eigenvalue weighted by molar-refractivity contribution is 1.09. The van der Waals surface area contributed by atoms with E-state index < -0.39 is 0 Å². The summed E-state index contributed by atoms with van der Waals surface area (Å²) in [5, 5.41) is 2.61. The minimum absolute atomic E-state index is 1.21. The minimum Gasteiger partial charge on any atom is -0.309 e. The Hall–Kier alpha value is -3.06. The fourth-order valence-electron chi connectivity index (χ4n) is 2.90. The third-order valence-corrected chi connectivity index (χ3v) is 4.37. The molecule has 0 saturated carbocycles. The highest BCUT2D eigenvalue weighted by Crippen LogP contribution is 2.31. The quantitative estimate of drug-likeness (QED) is 0.313. The van der Waals surface area contributed by atoms with Crippen LogP contribution in [0.2, 0.25) is 0 Å². The van der Waals surface area contributed by atoms with Crippen LogP contribution in [0.1, 0.15) is 34.1 Å². The molecule has 144 valence electrons. The topological polar surface area (TPSA) is 4.93 Å². The summed E-state index contributed by atoms with van der Waals surface area (Å²) in [7, 11) is 0. The Kier molecular flexibility index (Phi) is 8.30. The summed E-state index contributed by atoms with van der Waals surface area (Å²) in [6.45, 7) is 11.8. The summed E-state index contributed by atoms with van der Waals surface area (Å²) < 4.78 is 2.32. The highest BCUT2D eigenvalue weighted by molar-refractivity contribution is 6.09. The number of fused-ring (bicyclic) bond motifs is 3. The van der Waals surface area contributed by atoms with Crippen molar-refractivity contribution < 1.29 is 0 Å². The predicted molar refractivity (Wildman–Crippen MR) is 126 cm³/mol. The fourth-order valence-corrected chi connectivity index (χ4v) is 2.90. The Morgan fingerprint density at radius 1 is 0.786 bits per heavy atom. The Morgan fingerprint density at radius 3 is 1.61 bits per heavy atom. The number of allylic oxidation sites excluding steroid dienone is 3. The molecule has 1 nitrogen and oxygen atoms in total. The Balaban J connectivity index is 0.000000266. The van der Waals surface area contributed by atoms with Gasteiger partial charge in [-0.2, -0.15) is 0 Å². The number of para-hydroxylation sites is 3. The van der Waals surface area contributed by atoms with Crippen molar-refractivity contribution in [3.8, 4) is 5.69 Å². The van der Waals surface area contributed by atoms with Gasteiger partial charge in [0.15, 0.2) is 0 Å². The molecule has 0 radical (unpaired) electrons. The zero-order chi connectivity index (χ0) is 20.4. The van der Waals surface area contributed by atoms with Gasteiger partial charge in [0.05, 0.1) is 11.0 Å². The van der Waals surface area contributed by atoms with Crippen molar-refractivity contribution in [1.82, 2.24) is 4.57 Å². The molecule has 0 atom stereocenters. The second-order valence-electron chi connectivity index (χ2n) is 6.65. The minimum atomic E-state index is 1.21. The summed E-state index contributed by atoms with van der Waals surface area (Å²) in [6.07, 6.45) is 5.10. The van der Waals surface area contributed by atoms with Crippen molar-refractivity contribution in [2.24, 2.45) is 0 Å². The van der Waals surface area contributed by atoms with Crippen molar-refractivity contribution in [2.75, 3.05) is 0 Å². The largest absolute Gasteiger partial charge is 0.309 e. The molecule has 0 aliphatic heterocycles. The van der Waals surface area contributed by atoms with E-state index in [1.165, 1.54) is 39.5 Å². The zero-order valence-corrected chi connectivity index (χ0v) is 17.5. The van der Waals surface area contributed by atoms with Crippen LogP contribution >= 0.6 is 0 Å². The molecule has 4 aromatic rings. The maximum atomic E-state index is 3.56. The van der Waals surface area contributed by atoms with Crippen molar-refractivity contribution in [1.29, 1.82) is 0 Å². The lowest BCUT2D eigenvalue weighted by atomic mass is 10.2. The number of aromatic nitrogens is 1. The van der Waals surface area contributed by atoms with E-state index in [9.17, 15) is 0 Å². The first kappa shape index (κ1) is 21.2. The normalized spacial score (nSPS) is 10.6. The van der Waals surface area contributed by atoms with Gasteiger partial charge in [-0.15, -0.1) is 0 Å². The van der Waals surface area contributed by atoms with Crippen LogP contribution in [0, 0.1) is 0 Å². The molecule has 0 saturated heterocycles. The van der Waals surface area contributed by atoms with E-state index >= 15 is 0 Å². The van der Waals surface area contributed by atoms with Crippen LogP contribution in [0.4, 0.5) is 0 Å². The predicted octanol–water partition coefficient (Wildman–Crippen LogP) is 8.34. The van der Waals surface area contributed by atoms with Crippen molar-refractivity contribution in [3.05, 3.63) is 103 Å². The van der Waals surface area contributed by atoms with Gasteiger partial charge >= 0.3 is 0 Å². The molecule has 0 aliphatic rings. The van der Waals surface area contributed by atoms with Gasteiger partial charge in [-0.25, -0.2) is 0 Å². The fraction of sp³-hybridized carbons (Fsp3) is 0.185. The Bertz CT molecular complexity index is 982. The first-order valence-electron chi connectivity index (χ1n) is 9.96. The maximum Gasteiger partial charge on any atom is 0.0541 e. The van der Waals surface area contributed by atoms with Gasteiger partial charge in [-0.1, -0.05) is 99.2 Å². The van der Waals surface area contributed by atoms with Gasteiger partial charge in [0, 0.05) is 16.5 Å². The lowest BCUT2D eigenvalue weighted by Gasteiger charge is -2.06. The Labute approximate surface area is 169 Å². The van der Waals surface area contributed by atoms with Gasteiger partial charge in [-0.3, -0.25) is 0 Å². The second kappa shape index (κ2) is 10.9. The molecule has 1 heteroatoms. The van der Waals surface area contributed by atoms with E-state index in [4.69, 9.17) is 0 Å². The molecule has 0 fully saturated rings. The van der Waals surface area contributed by atoms with E-state index in [0.29, 0.717) is 0 Å². The van der Waals surface area contributed by atoms with Gasteiger partial charge in [-0.05, 0) is 38.1 Å². The summed E-state index contributed by atoms with van der Waals surface area (Å²) in [6, 6.07) is 27.7. The Morgan fingerprint density at radius 2 is 1.21 bits per heavy atom. The van der Waals surface area contributed by atoms with Crippen LogP contribution < -0.4 is 0 Å². The summed E-state index contributed by atoms with van der Waals surface area (Å²) in [5.74, 6) is 0. The van der Waals surface area contributed by atoms with Crippen LogP contribution in [0.15, 0.2) is 103 Å². The number of benzene rings is 3. The molecule has 0 unspecified atom stereocenters. The lowest BCUT2D eigenvalue weighted by Crippen LogP contribution is -1.92. The number of rotatable bonds is 2. The first-order valence-corrected chi connectivity index (χ1v) is 9.96. The maximum absolute atomic E-state index is 3.56. The van der Waals surface area contributed by atoms with Crippen LogP contribution in [-0.2, 0) is 0 Å². The highest BCUT2D eigenvalue weighted by Gasteiger charge is 2.10. The third kappa shape index (κ3) is 5.01. The molecule has 28 heavy (non-hydrogen) atoms. The van der Waals surface area contributed by atoms with Gasteiger partial charge in [0.1, 0.15) is 0 Å². The van der Waals surface area contributed by atoms with Crippen molar-refractivity contribution in [3.63, 3.8) is 0 Å². The number of hydrogen-bond acceptors (Lipinski definition) is 0. The van der Waals surface area contributed by atoms with Crippen molar-refractivity contribution in [2.45, 2.75) is 34.1 Å². The average Bonchev–Trinajstić information content (AvgIpc) is 3.09. The molecule has 0 amide bonds. The third-order valence-electron chi connectivity index (χ3n) is 4.37. The smallest absolute Gasteiger partial charge is 0.0541 e. The highest BCUT2D eigenvalue weighted by atomic mass is 15.0. The van der Waals surface area contributed by atoms with Crippen LogP contribution in [0.25, 0.3) is 27.5 Å². The van der Waals surface area contributed by atoms with E-state index in [1.807, 2.05) is 26.0 Å². The molecule has 1 heterocycles. The molecule has 1 aromatic heterocycles. The molecule has 3 aromatic carbocycles. The van der Waals surface area contributed by atoms with E-state index in [2.05, 4.69) is 104 Å². The van der Waals surface area contributed by atoms with Crippen LogP contribution in [0.3, 0.4) is 0 Å². The first-order chi connectivity index (χ1) is 13.7. The van der Waals surface area contributed by atoms with E-state index in [-0.39, 0.29) is 0 Å². The van der Waals surface area contributed by atoms with Gasteiger partial charge in [0.2, 0.25) is 0 Å². The average molecular weight is 370 g/mol. The van der Waals surface area contributed by atoms with Crippen molar-refractivity contribution >= 4 is 21.8 Å². The monoisotopic (exact) mass is 369 g/mol. The van der Waals surface area contributed by atoms with Crippen LogP contribution in [-0.4, -0.2) is 4.57 Å². The van der Waals surface area contributed by atoms with E-state index in [1.54, 1.807) is 0 Å². The second-order valence-corrected chi connectivity index (χ2v) is 6.65. The zero-order valence-electron chi connectivity index (χ0n) is 17.5. The van der Waals surface area contributed by atoms with Gasteiger partial charge in [0.25, 0.3) is 0 Å². The van der Waals surface area contributed by atoms with E-state index in [0.717, 1.165) is 0 Å². The summed E-state index contributed by atoms with van der Waals surface area (Å²) in [5.41, 5.74) is 4.96. The molecule has 0 N–H and O–H groups in total. The van der Waals surface area contributed by atoms with Crippen LogP contribution in [0.5, 0.6) is 0 Å². The molecule has 0 aliphatic carbocycles. The molecule has 0 bridgehead atoms. The number of hydrogen-bond donors (Lipinski definition) is 0. The van der Waals surface area contributed by atoms with Gasteiger partial charge < -0.3 is 4.57 Å². The number of nitrogens with zero attached hydrogens (tertiary/aromatic N) is 1. The summed E-state index contributed by atoms with van der Waals surface area (Å²) >= 11 is 0. The molecular weight excluding hydrogens is 338 g/mol. The SMILES string of the molecule is C=C/C(C)=C\C.CCC.c1ccc(-n2c3ccccc3c3ccccc32)cc1. The molecule has 4 rings (SSSR count). The standard InChI is InChI=1S/C18H13N.C6H10.C3H8/c1-2-8-14(9-3-1)19-17-12-6-4-10-15(17)16-11-5-7-13-18(16)19;1-4-6(3)5-2;1-3-2/h1-13H;4-5H,1H2,2-3H3;3H2,1-2H3/b;6-5-;.